The van der Waals surface area contributed by atoms with E-state index in [4.69, 9.17) is 5.26 Å². The Balaban J connectivity index is 2.06. The van der Waals surface area contributed by atoms with E-state index in [9.17, 15) is 0 Å². The van der Waals surface area contributed by atoms with Gasteiger partial charge in [-0.05, 0) is 19.1 Å². The second kappa shape index (κ2) is 5.91. The topological polar surface area (TPSA) is 65.7 Å². The molecule has 0 atom stereocenters. The Labute approximate surface area is 112 Å². The van der Waals surface area contributed by atoms with Gasteiger partial charge in [0.1, 0.15) is 23.4 Å². The van der Waals surface area contributed by atoms with Crippen molar-refractivity contribution in [2.75, 3.05) is 18.5 Å². The quantitative estimate of drug-likeness (QED) is 0.830. The number of pyridine rings is 1. The van der Waals surface area contributed by atoms with Gasteiger partial charge in [-0.3, -0.25) is 4.98 Å². The first-order valence-electron chi connectivity index (χ1n) is 6.06. The molecule has 0 saturated heterocycles. The maximum atomic E-state index is 8.91. The molecule has 0 radical (unpaired) electrons. The van der Waals surface area contributed by atoms with Crippen LogP contribution in [0.2, 0.25) is 0 Å². The van der Waals surface area contributed by atoms with E-state index < -0.39 is 0 Å². The van der Waals surface area contributed by atoms with E-state index in [1.807, 2.05) is 36.2 Å². The maximum Gasteiger partial charge on any atom is 0.146 e. The highest BCUT2D eigenvalue weighted by molar-refractivity contribution is 5.42. The van der Waals surface area contributed by atoms with Crippen molar-refractivity contribution in [3.05, 3.63) is 47.7 Å². The third-order valence-electron chi connectivity index (χ3n) is 2.76. The Bertz CT molecular complexity index is 589. The van der Waals surface area contributed by atoms with Crippen molar-refractivity contribution >= 4 is 5.82 Å². The summed E-state index contributed by atoms with van der Waals surface area (Å²) in [6.45, 7) is 2.58. The van der Waals surface area contributed by atoms with Crippen molar-refractivity contribution in [2.45, 2.75) is 13.3 Å². The summed E-state index contributed by atoms with van der Waals surface area (Å²) in [5.41, 5.74) is 1.44. The summed E-state index contributed by atoms with van der Waals surface area (Å²) in [5.74, 6) is 1.37. The van der Waals surface area contributed by atoms with Gasteiger partial charge in [-0.25, -0.2) is 9.97 Å². The first-order valence-corrected chi connectivity index (χ1v) is 6.06. The molecule has 19 heavy (non-hydrogen) atoms. The van der Waals surface area contributed by atoms with Gasteiger partial charge in [-0.1, -0.05) is 6.07 Å². The van der Waals surface area contributed by atoms with Crippen LogP contribution in [0.15, 0.2) is 30.5 Å². The Morgan fingerprint density at radius 3 is 2.84 bits per heavy atom. The lowest BCUT2D eigenvalue weighted by Crippen LogP contribution is -2.22. The van der Waals surface area contributed by atoms with Crippen LogP contribution >= 0.6 is 0 Å². The number of nitrogens with zero attached hydrogens (tertiary/aromatic N) is 5. The molecule has 0 unspecified atom stereocenters. The molecule has 0 N–H and O–H groups in total. The predicted octanol–water partition coefficient (Wildman–Crippen LogP) is 1.73. The average Bonchev–Trinajstić information content (AvgIpc) is 2.45. The fourth-order valence-corrected chi connectivity index (χ4v) is 1.75. The summed E-state index contributed by atoms with van der Waals surface area (Å²) in [6, 6.07) is 9.63. The van der Waals surface area contributed by atoms with E-state index in [1.54, 1.807) is 19.2 Å². The first-order chi connectivity index (χ1) is 9.19. The van der Waals surface area contributed by atoms with Crippen LogP contribution in [-0.2, 0) is 6.42 Å². The van der Waals surface area contributed by atoms with Crippen molar-refractivity contribution in [1.29, 1.82) is 5.26 Å². The Morgan fingerprint density at radius 2 is 2.16 bits per heavy atom. The summed E-state index contributed by atoms with van der Waals surface area (Å²) in [5, 5.41) is 8.91. The molecule has 2 aromatic rings. The number of hydrogen-bond donors (Lipinski definition) is 0. The van der Waals surface area contributed by atoms with Gasteiger partial charge in [-0.2, -0.15) is 5.26 Å². The van der Waals surface area contributed by atoms with E-state index in [1.165, 1.54) is 0 Å². The molecule has 0 fully saturated rings. The lowest BCUT2D eigenvalue weighted by Gasteiger charge is -2.18. The summed E-state index contributed by atoms with van der Waals surface area (Å²) < 4.78 is 0. The van der Waals surface area contributed by atoms with Gasteiger partial charge in [0.15, 0.2) is 0 Å². The molecule has 2 rings (SSSR count). The van der Waals surface area contributed by atoms with Gasteiger partial charge in [-0.15, -0.1) is 0 Å². The average molecular weight is 253 g/mol. The van der Waals surface area contributed by atoms with Crippen molar-refractivity contribution in [3.63, 3.8) is 0 Å². The van der Waals surface area contributed by atoms with Crippen LogP contribution in [0.3, 0.4) is 0 Å². The minimum absolute atomic E-state index is 0.396. The predicted molar refractivity (Wildman–Crippen MR) is 72.7 cm³/mol. The van der Waals surface area contributed by atoms with E-state index in [-0.39, 0.29) is 0 Å². The van der Waals surface area contributed by atoms with Crippen molar-refractivity contribution in [2.24, 2.45) is 0 Å². The monoisotopic (exact) mass is 253 g/mol. The fourth-order valence-electron chi connectivity index (χ4n) is 1.75. The minimum atomic E-state index is 0.396. The molecule has 0 aromatic carbocycles. The largest absolute Gasteiger partial charge is 0.359 e. The molecule has 0 saturated carbocycles. The second-order valence-corrected chi connectivity index (χ2v) is 4.26. The normalized spacial score (nSPS) is 9.95. The van der Waals surface area contributed by atoms with Crippen LogP contribution in [0.4, 0.5) is 5.82 Å². The van der Waals surface area contributed by atoms with Crippen molar-refractivity contribution < 1.29 is 0 Å². The molecule has 0 aliphatic heterocycles. The zero-order valence-electron chi connectivity index (χ0n) is 11.0. The van der Waals surface area contributed by atoms with Gasteiger partial charge >= 0.3 is 0 Å². The molecule has 5 nitrogen and oxygen atoms in total. The number of nitriles is 1. The van der Waals surface area contributed by atoms with Crippen LogP contribution in [0.25, 0.3) is 0 Å². The highest BCUT2D eigenvalue weighted by Gasteiger charge is 2.06. The molecule has 0 bridgehead atoms. The lowest BCUT2D eigenvalue weighted by atomic mass is 10.2. The Hall–Kier alpha value is -2.48. The molecular formula is C14H15N5. The third-order valence-corrected chi connectivity index (χ3v) is 2.76. The molecule has 0 spiro atoms. The zero-order chi connectivity index (χ0) is 13.7. The summed E-state index contributed by atoms with van der Waals surface area (Å²) in [6.07, 6.45) is 2.63. The van der Waals surface area contributed by atoms with E-state index in [2.05, 4.69) is 15.0 Å². The van der Waals surface area contributed by atoms with Gasteiger partial charge in [0.2, 0.25) is 0 Å². The van der Waals surface area contributed by atoms with Crippen LogP contribution in [0.5, 0.6) is 0 Å². The molecule has 0 aliphatic rings. The van der Waals surface area contributed by atoms with Gasteiger partial charge < -0.3 is 4.90 Å². The number of aromatic nitrogens is 3. The molecule has 0 aliphatic carbocycles. The summed E-state index contributed by atoms with van der Waals surface area (Å²) in [7, 11) is 1.95. The Kier molecular flexibility index (Phi) is 4.04. The van der Waals surface area contributed by atoms with E-state index >= 15 is 0 Å². The minimum Gasteiger partial charge on any atom is -0.359 e. The molecule has 96 valence electrons. The van der Waals surface area contributed by atoms with Crippen LogP contribution < -0.4 is 4.90 Å². The first kappa shape index (κ1) is 13.0. The number of hydrogen-bond acceptors (Lipinski definition) is 5. The molecule has 0 amide bonds. The van der Waals surface area contributed by atoms with E-state index in [0.29, 0.717) is 11.5 Å². The smallest absolute Gasteiger partial charge is 0.146 e. The van der Waals surface area contributed by atoms with Gasteiger partial charge in [0.05, 0.1) is 0 Å². The van der Waals surface area contributed by atoms with Crippen molar-refractivity contribution in [3.8, 4) is 6.07 Å². The maximum absolute atomic E-state index is 8.91. The highest BCUT2D eigenvalue weighted by atomic mass is 15.2. The summed E-state index contributed by atoms with van der Waals surface area (Å²) in [4.78, 5) is 14.7. The number of aryl methyl sites for hydroxylation is 1. The van der Waals surface area contributed by atoms with Gasteiger partial charge in [0, 0.05) is 38.0 Å². The van der Waals surface area contributed by atoms with Crippen LogP contribution in [-0.4, -0.2) is 28.5 Å². The number of rotatable bonds is 4. The SMILES string of the molecule is Cc1nc(C#N)cc(N(C)CCc2ccccn2)n1. The van der Waals surface area contributed by atoms with Crippen LogP contribution in [0.1, 0.15) is 17.2 Å². The van der Waals surface area contributed by atoms with Gasteiger partial charge in [0.25, 0.3) is 0 Å². The summed E-state index contributed by atoms with van der Waals surface area (Å²) >= 11 is 0. The molecular weight excluding hydrogens is 238 g/mol. The number of anilines is 1. The van der Waals surface area contributed by atoms with E-state index in [0.717, 1.165) is 24.5 Å². The Morgan fingerprint density at radius 1 is 1.32 bits per heavy atom. The van der Waals surface area contributed by atoms with Crippen molar-refractivity contribution in [1.82, 2.24) is 15.0 Å². The van der Waals surface area contributed by atoms with Crippen LogP contribution in [0, 0.1) is 18.3 Å². The number of likely N-dealkylation sites (N-methyl/N-ethyl adjacent to an activating group) is 1. The zero-order valence-corrected chi connectivity index (χ0v) is 11.0. The molecule has 2 aromatic heterocycles. The third kappa shape index (κ3) is 3.49. The molecule has 5 heteroatoms. The lowest BCUT2D eigenvalue weighted by molar-refractivity contribution is 0.829. The fraction of sp³-hybridized carbons (Fsp3) is 0.286. The second-order valence-electron chi connectivity index (χ2n) is 4.26. The molecule has 2 heterocycles. The highest BCUT2D eigenvalue weighted by Crippen LogP contribution is 2.11. The standard InChI is InChI=1S/C14H15N5/c1-11-17-13(10-15)9-14(18-11)19(2)8-6-12-5-3-4-7-16-12/h3-5,7,9H,6,8H2,1-2H3.